The quantitative estimate of drug-likeness (QED) is 0.735. The number of aromatic nitrogens is 1. The Morgan fingerprint density at radius 2 is 1.90 bits per heavy atom. The molecule has 0 atom stereocenters. The van der Waals surface area contributed by atoms with E-state index in [4.69, 9.17) is 10.1 Å². The van der Waals surface area contributed by atoms with Gasteiger partial charge >= 0.3 is 5.97 Å². The zero-order valence-corrected chi connectivity index (χ0v) is 17.8. The minimum absolute atomic E-state index is 0.164. The van der Waals surface area contributed by atoms with Gasteiger partial charge in [-0.25, -0.2) is 9.37 Å². The number of hydrogen-bond donors (Lipinski definition) is 1. The number of likely N-dealkylation sites (N-methyl/N-ethyl adjacent to an activating group) is 1. The van der Waals surface area contributed by atoms with Crippen molar-refractivity contribution in [3.05, 3.63) is 39.5 Å². The molecule has 1 fully saturated rings. The Kier molecular flexibility index (Phi) is 6.30. The Morgan fingerprint density at radius 1 is 1.21 bits per heavy atom. The molecule has 156 valence electrons. The topological polar surface area (TPSA) is 53.4 Å². The number of thiazole rings is 1. The Bertz CT molecular complexity index is 874. The van der Waals surface area contributed by atoms with E-state index in [1.807, 2.05) is 11.4 Å². The molecule has 2 aliphatic rings. The van der Waals surface area contributed by atoms with Crippen LogP contribution >= 0.6 is 11.3 Å². The minimum atomic E-state index is -0.703. The first-order valence-electron chi connectivity index (χ1n) is 10.7. The van der Waals surface area contributed by atoms with Crippen LogP contribution in [0.5, 0.6) is 0 Å². The van der Waals surface area contributed by atoms with E-state index in [0.717, 1.165) is 74.3 Å². The SMILES string of the molecule is CN1CCc2cc(F)c(-c3csc(C4CCC(CCC(=O)O)CC4)n3)cc2CC1. The largest absolute Gasteiger partial charge is 0.481 e. The maximum absolute atomic E-state index is 14.8. The van der Waals surface area contributed by atoms with Crippen molar-refractivity contribution in [3.8, 4) is 11.3 Å². The van der Waals surface area contributed by atoms with Gasteiger partial charge in [0.2, 0.25) is 0 Å². The number of rotatable bonds is 5. The van der Waals surface area contributed by atoms with Gasteiger partial charge < -0.3 is 10.0 Å². The lowest BCUT2D eigenvalue weighted by atomic mass is 9.80. The van der Waals surface area contributed by atoms with Crippen molar-refractivity contribution < 1.29 is 14.3 Å². The molecule has 1 aromatic carbocycles. The molecule has 4 nitrogen and oxygen atoms in total. The summed E-state index contributed by atoms with van der Waals surface area (Å²) in [6.45, 7) is 1.98. The Hall–Kier alpha value is -1.79. The highest BCUT2D eigenvalue weighted by Crippen LogP contribution is 2.40. The molecule has 29 heavy (non-hydrogen) atoms. The Labute approximate surface area is 175 Å². The van der Waals surface area contributed by atoms with Crippen LogP contribution in [-0.4, -0.2) is 41.1 Å². The number of benzene rings is 1. The average molecular weight is 417 g/mol. The van der Waals surface area contributed by atoms with Gasteiger partial charge in [-0.15, -0.1) is 11.3 Å². The van der Waals surface area contributed by atoms with Crippen LogP contribution in [0.3, 0.4) is 0 Å². The number of hydrogen-bond acceptors (Lipinski definition) is 4. The van der Waals surface area contributed by atoms with Gasteiger partial charge in [-0.05, 0) is 81.2 Å². The molecule has 1 aromatic heterocycles. The third-order valence-electron chi connectivity index (χ3n) is 6.58. The highest BCUT2D eigenvalue weighted by atomic mass is 32.1. The van der Waals surface area contributed by atoms with Crippen LogP contribution in [0, 0.1) is 11.7 Å². The first-order valence-corrected chi connectivity index (χ1v) is 11.5. The highest BCUT2D eigenvalue weighted by Gasteiger charge is 2.25. The maximum atomic E-state index is 14.8. The molecule has 0 radical (unpaired) electrons. The van der Waals surface area contributed by atoms with Crippen molar-refractivity contribution in [1.82, 2.24) is 9.88 Å². The van der Waals surface area contributed by atoms with Gasteiger partial charge in [-0.2, -0.15) is 0 Å². The van der Waals surface area contributed by atoms with Crippen LogP contribution in [0.15, 0.2) is 17.5 Å². The smallest absolute Gasteiger partial charge is 0.303 e. The molecule has 1 saturated carbocycles. The molecule has 0 bridgehead atoms. The van der Waals surface area contributed by atoms with Crippen LogP contribution in [0.4, 0.5) is 4.39 Å². The summed E-state index contributed by atoms with van der Waals surface area (Å²) < 4.78 is 14.8. The lowest BCUT2D eigenvalue weighted by molar-refractivity contribution is -0.137. The van der Waals surface area contributed by atoms with Gasteiger partial charge in [0, 0.05) is 36.4 Å². The summed E-state index contributed by atoms with van der Waals surface area (Å²) in [5.41, 5.74) is 3.77. The summed E-state index contributed by atoms with van der Waals surface area (Å²) >= 11 is 1.64. The normalized spacial score (nSPS) is 22.8. The second kappa shape index (κ2) is 8.92. The van der Waals surface area contributed by atoms with Gasteiger partial charge in [0.15, 0.2) is 0 Å². The first-order chi connectivity index (χ1) is 14.0. The van der Waals surface area contributed by atoms with Crippen molar-refractivity contribution in [2.45, 2.75) is 57.3 Å². The third kappa shape index (κ3) is 4.86. The van der Waals surface area contributed by atoms with E-state index in [1.165, 1.54) is 5.56 Å². The van der Waals surface area contributed by atoms with E-state index in [-0.39, 0.29) is 12.2 Å². The second-order valence-electron chi connectivity index (χ2n) is 8.63. The number of carboxylic acid groups (broad SMARTS) is 1. The highest BCUT2D eigenvalue weighted by molar-refractivity contribution is 7.10. The zero-order valence-electron chi connectivity index (χ0n) is 17.0. The monoisotopic (exact) mass is 416 g/mol. The van der Waals surface area contributed by atoms with Crippen LogP contribution in [0.25, 0.3) is 11.3 Å². The van der Waals surface area contributed by atoms with Crippen LogP contribution < -0.4 is 0 Å². The molecule has 2 aromatic rings. The lowest BCUT2D eigenvalue weighted by Crippen LogP contribution is -2.20. The van der Waals surface area contributed by atoms with E-state index >= 15 is 0 Å². The summed E-state index contributed by atoms with van der Waals surface area (Å²) in [7, 11) is 2.12. The third-order valence-corrected chi connectivity index (χ3v) is 7.58. The van der Waals surface area contributed by atoms with E-state index in [9.17, 15) is 9.18 Å². The molecule has 0 spiro atoms. The molecule has 0 saturated heterocycles. The van der Waals surface area contributed by atoms with Crippen molar-refractivity contribution >= 4 is 17.3 Å². The van der Waals surface area contributed by atoms with Crippen molar-refractivity contribution in [1.29, 1.82) is 0 Å². The second-order valence-corrected chi connectivity index (χ2v) is 9.51. The van der Waals surface area contributed by atoms with Crippen molar-refractivity contribution in [2.75, 3.05) is 20.1 Å². The van der Waals surface area contributed by atoms with Crippen molar-refractivity contribution in [2.24, 2.45) is 5.92 Å². The fourth-order valence-corrected chi connectivity index (χ4v) is 5.67. The average Bonchev–Trinajstić information content (AvgIpc) is 3.12. The summed E-state index contributed by atoms with van der Waals surface area (Å²) in [6.07, 6.45) is 7.13. The first kappa shape index (κ1) is 20.5. The van der Waals surface area contributed by atoms with Gasteiger partial charge in [-0.3, -0.25) is 4.79 Å². The zero-order chi connectivity index (χ0) is 20.4. The van der Waals surface area contributed by atoms with Crippen LogP contribution in [0.2, 0.25) is 0 Å². The number of fused-ring (bicyclic) bond motifs is 1. The molecule has 4 rings (SSSR count). The molecule has 0 unspecified atom stereocenters. The van der Waals surface area contributed by atoms with Crippen molar-refractivity contribution in [3.63, 3.8) is 0 Å². The van der Waals surface area contributed by atoms with E-state index < -0.39 is 5.97 Å². The predicted octanol–water partition coefficient (Wildman–Crippen LogP) is 5.12. The molecule has 1 aliphatic heterocycles. The summed E-state index contributed by atoms with van der Waals surface area (Å²) in [6, 6.07) is 3.74. The number of carboxylic acids is 1. The molecule has 2 heterocycles. The summed E-state index contributed by atoms with van der Waals surface area (Å²) in [5.74, 6) is 0.0722. The predicted molar refractivity (Wildman–Crippen MR) is 114 cm³/mol. The van der Waals surface area contributed by atoms with Crippen LogP contribution in [0.1, 0.15) is 60.6 Å². The number of halogens is 1. The number of aliphatic carboxylic acids is 1. The standard InChI is InChI=1S/C23H29FN2O2S/c1-26-10-8-17-12-19(20(24)13-18(17)9-11-26)21-14-29-23(25-21)16-5-2-15(3-6-16)4-7-22(27)28/h12-16H,2-11H2,1H3,(H,27,28). The molecule has 6 heteroatoms. The Morgan fingerprint density at radius 3 is 2.59 bits per heavy atom. The number of carbonyl (C=O) groups is 1. The van der Waals surface area contributed by atoms with Gasteiger partial charge in [-0.1, -0.05) is 0 Å². The molecular weight excluding hydrogens is 387 g/mol. The fourth-order valence-electron chi connectivity index (χ4n) is 4.68. The fraction of sp³-hybridized carbons (Fsp3) is 0.565. The molecule has 0 amide bonds. The Balaban J connectivity index is 1.45. The number of nitrogens with zero attached hydrogens (tertiary/aromatic N) is 2. The van der Waals surface area contributed by atoms with Gasteiger partial charge in [0.1, 0.15) is 5.82 Å². The van der Waals surface area contributed by atoms with E-state index in [2.05, 4.69) is 11.9 Å². The summed E-state index contributed by atoms with van der Waals surface area (Å²) in [4.78, 5) is 17.9. The minimum Gasteiger partial charge on any atom is -0.481 e. The van der Waals surface area contributed by atoms with Gasteiger partial charge in [0.25, 0.3) is 0 Å². The maximum Gasteiger partial charge on any atom is 0.303 e. The summed E-state index contributed by atoms with van der Waals surface area (Å²) in [5, 5.41) is 12.0. The van der Waals surface area contributed by atoms with E-state index in [1.54, 1.807) is 17.4 Å². The molecule has 1 aliphatic carbocycles. The molecular formula is C23H29FN2O2S. The van der Waals surface area contributed by atoms with Crippen LogP contribution in [-0.2, 0) is 17.6 Å². The lowest BCUT2D eigenvalue weighted by Gasteiger charge is -2.26. The van der Waals surface area contributed by atoms with E-state index in [0.29, 0.717) is 17.4 Å². The molecule has 1 N–H and O–H groups in total. The van der Waals surface area contributed by atoms with Gasteiger partial charge in [0.05, 0.1) is 10.7 Å².